The molecule has 0 fully saturated rings. The molecule has 1 heterocycles. The molecule has 0 bridgehead atoms. The number of hydrogen-bond acceptors (Lipinski definition) is 4. The fourth-order valence-corrected chi connectivity index (χ4v) is 3.66. The van der Waals surface area contributed by atoms with Gasteiger partial charge in [0.1, 0.15) is 24.3 Å². The highest BCUT2D eigenvalue weighted by Gasteiger charge is 2.61. The Balaban J connectivity index is 2.70. The van der Waals surface area contributed by atoms with E-state index >= 15 is 0 Å². The van der Waals surface area contributed by atoms with Gasteiger partial charge in [0.25, 0.3) is 0 Å². The van der Waals surface area contributed by atoms with E-state index in [0.29, 0.717) is 6.07 Å². The van der Waals surface area contributed by atoms with E-state index in [1.165, 1.54) is 0 Å². The van der Waals surface area contributed by atoms with E-state index in [1.807, 2.05) is 0 Å². The fourth-order valence-electron chi connectivity index (χ4n) is 2.43. The van der Waals surface area contributed by atoms with Crippen LogP contribution in [0.25, 0.3) is 0 Å². The molecular formula is C14H15F4N3O2S. The van der Waals surface area contributed by atoms with Crippen LogP contribution in [0.3, 0.4) is 0 Å². The molecule has 5 nitrogen and oxygen atoms in total. The van der Waals surface area contributed by atoms with Gasteiger partial charge in [0.15, 0.2) is 0 Å². The lowest BCUT2D eigenvalue weighted by Gasteiger charge is -2.37. The van der Waals surface area contributed by atoms with Gasteiger partial charge in [-0.3, -0.25) is 4.68 Å². The highest BCUT2D eigenvalue weighted by molar-refractivity contribution is 7.92. The summed E-state index contributed by atoms with van der Waals surface area (Å²) in [5, 5.41) is -0.644. The standard InChI is InChI=1S/C14H15F4N3O2S/c1-3-24(22,23)14(17,18)13(2,7-21-9-19-8-20-21)11-5-4-10(15)6-12(11)16/h4-6,8-9H,3,7H2,1-2H3. The maximum atomic E-state index is 14.9. The summed E-state index contributed by atoms with van der Waals surface area (Å²) in [5.41, 5.74) is -3.14. The van der Waals surface area contributed by atoms with Gasteiger partial charge in [-0.05, 0) is 13.0 Å². The first kappa shape index (κ1) is 18.4. The minimum Gasteiger partial charge on any atom is -0.252 e. The van der Waals surface area contributed by atoms with Crippen LogP contribution in [0.4, 0.5) is 17.6 Å². The van der Waals surface area contributed by atoms with E-state index in [1.54, 1.807) is 0 Å². The summed E-state index contributed by atoms with van der Waals surface area (Å²) in [7, 11) is -4.89. The number of alkyl halides is 2. The van der Waals surface area contributed by atoms with Crippen molar-refractivity contribution in [1.82, 2.24) is 14.8 Å². The second-order valence-corrected chi connectivity index (χ2v) is 7.79. The fraction of sp³-hybridized carbons (Fsp3) is 0.429. The molecule has 132 valence electrons. The second-order valence-electron chi connectivity index (χ2n) is 5.47. The van der Waals surface area contributed by atoms with Crippen molar-refractivity contribution in [1.29, 1.82) is 0 Å². The van der Waals surface area contributed by atoms with Crippen molar-refractivity contribution in [2.75, 3.05) is 5.75 Å². The Labute approximate surface area is 136 Å². The SMILES string of the molecule is CCS(=O)(=O)C(F)(F)C(C)(Cn1cncn1)c1ccc(F)cc1F. The lowest BCUT2D eigenvalue weighted by molar-refractivity contribution is -0.00263. The molecule has 2 rings (SSSR count). The first-order valence-corrected chi connectivity index (χ1v) is 8.58. The molecule has 24 heavy (non-hydrogen) atoms. The average Bonchev–Trinajstić information content (AvgIpc) is 2.99. The Kier molecular flexibility index (Phi) is 4.71. The van der Waals surface area contributed by atoms with Crippen LogP contribution >= 0.6 is 0 Å². The Morgan fingerprint density at radius 1 is 1.25 bits per heavy atom. The summed E-state index contributed by atoms with van der Waals surface area (Å²) in [4.78, 5) is 3.60. The molecule has 0 saturated heterocycles. The average molecular weight is 365 g/mol. The molecule has 0 N–H and O–H groups in total. The van der Waals surface area contributed by atoms with Crippen LogP contribution in [0, 0.1) is 11.6 Å². The van der Waals surface area contributed by atoms with Gasteiger partial charge >= 0.3 is 5.25 Å². The van der Waals surface area contributed by atoms with Gasteiger partial charge in [0, 0.05) is 11.6 Å². The zero-order chi connectivity index (χ0) is 18.2. The molecule has 0 aliphatic rings. The number of rotatable bonds is 6. The first-order chi connectivity index (χ1) is 11.0. The molecule has 1 atom stereocenters. The van der Waals surface area contributed by atoms with E-state index in [4.69, 9.17) is 0 Å². The van der Waals surface area contributed by atoms with Gasteiger partial charge in [-0.1, -0.05) is 13.0 Å². The van der Waals surface area contributed by atoms with Gasteiger partial charge in [0.2, 0.25) is 9.84 Å². The molecule has 1 aromatic heterocycles. The van der Waals surface area contributed by atoms with E-state index in [-0.39, 0.29) is 0 Å². The lowest BCUT2D eigenvalue weighted by Crippen LogP contribution is -2.52. The Hall–Kier alpha value is -1.97. The molecule has 0 saturated carbocycles. The zero-order valence-corrected chi connectivity index (χ0v) is 13.7. The predicted octanol–water partition coefficient (Wildman–Crippen LogP) is 2.54. The van der Waals surface area contributed by atoms with E-state index in [9.17, 15) is 26.0 Å². The van der Waals surface area contributed by atoms with Gasteiger partial charge in [0.05, 0.1) is 17.7 Å². The minimum absolute atomic E-state index is 0.434. The van der Waals surface area contributed by atoms with Crippen molar-refractivity contribution in [2.45, 2.75) is 31.1 Å². The number of benzene rings is 1. The highest BCUT2D eigenvalue weighted by Crippen LogP contribution is 2.45. The van der Waals surface area contributed by atoms with E-state index in [2.05, 4.69) is 10.1 Å². The zero-order valence-electron chi connectivity index (χ0n) is 12.9. The summed E-state index contributed by atoms with van der Waals surface area (Å²) in [6.07, 6.45) is 2.18. The quantitative estimate of drug-likeness (QED) is 0.738. The third-order valence-corrected chi connectivity index (χ3v) is 5.88. The molecule has 1 aromatic carbocycles. The number of sulfone groups is 1. The van der Waals surface area contributed by atoms with E-state index < -0.39 is 50.0 Å². The molecule has 0 amide bonds. The minimum atomic E-state index is -4.89. The number of aromatic nitrogens is 3. The third-order valence-electron chi connectivity index (χ3n) is 3.88. The van der Waals surface area contributed by atoms with Crippen LogP contribution in [0.2, 0.25) is 0 Å². The lowest BCUT2D eigenvalue weighted by atomic mass is 9.82. The number of halogens is 4. The molecule has 10 heteroatoms. The Morgan fingerprint density at radius 2 is 1.92 bits per heavy atom. The molecule has 0 radical (unpaired) electrons. The van der Waals surface area contributed by atoms with Gasteiger partial charge in [-0.15, -0.1) is 0 Å². The monoisotopic (exact) mass is 365 g/mol. The van der Waals surface area contributed by atoms with Gasteiger partial charge < -0.3 is 0 Å². The highest BCUT2D eigenvalue weighted by atomic mass is 32.2. The molecule has 1 unspecified atom stereocenters. The van der Waals surface area contributed by atoms with Crippen LogP contribution in [0.15, 0.2) is 30.9 Å². The molecule has 0 spiro atoms. The van der Waals surface area contributed by atoms with Crippen LogP contribution in [0.1, 0.15) is 19.4 Å². The first-order valence-electron chi connectivity index (χ1n) is 6.93. The number of nitrogens with zero attached hydrogens (tertiary/aromatic N) is 3. The van der Waals surface area contributed by atoms with Crippen LogP contribution in [-0.2, 0) is 21.8 Å². The third kappa shape index (κ3) is 2.90. The molecule has 0 aliphatic heterocycles. The van der Waals surface area contributed by atoms with Crippen molar-refractivity contribution in [3.63, 3.8) is 0 Å². The topological polar surface area (TPSA) is 64.8 Å². The molecule has 2 aromatic rings. The van der Waals surface area contributed by atoms with Crippen molar-refractivity contribution in [3.05, 3.63) is 48.1 Å². The smallest absolute Gasteiger partial charge is 0.252 e. The van der Waals surface area contributed by atoms with Crippen molar-refractivity contribution < 1.29 is 26.0 Å². The summed E-state index contributed by atoms with van der Waals surface area (Å²) >= 11 is 0. The van der Waals surface area contributed by atoms with Crippen LogP contribution < -0.4 is 0 Å². The van der Waals surface area contributed by atoms with E-state index in [0.717, 1.165) is 43.3 Å². The van der Waals surface area contributed by atoms with Crippen LogP contribution in [0.5, 0.6) is 0 Å². The summed E-state index contributed by atoms with van der Waals surface area (Å²) in [6, 6.07) is 2.05. The summed E-state index contributed by atoms with van der Waals surface area (Å²) in [5.74, 6) is -3.06. The summed E-state index contributed by atoms with van der Waals surface area (Å²) in [6.45, 7) is 1.31. The Morgan fingerprint density at radius 3 is 2.42 bits per heavy atom. The second kappa shape index (κ2) is 6.15. The predicted molar refractivity (Wildman–Crippen MR) is 78.1 cm³/mol. The maximum absolute atomic E-state index is 14.9. The van der Waals surface area contributed by atoms with Crippen molar-refractivity contribution in [3.8, 4) is 0 Å². The molecule has 0 aliphatic carbocycles. The number of hydrogen-bond donors (Lipinski definition) is 0. The largest absolute Gasteiger partial charge is 0.356 e. The van der Waals surface area contributed by atoms with Gasteiger partial charge in [-0.25, -0.2) is 22.2 Å². The van der Waals surface area contributed by atoms with Crippen molar-refractivity contribution in [2.24, 2.45) is 0 Å². The molecular weight excluding hydrogens is 350 g/mol. The maximum Gasteiger partial charge on any atom is 0.356 e. The normalized spacial score (nSPS) is 15.2. The van der Waals surface area contributed by atoms with Crippen LogP contribution in [-0.4, -0.2) is 34.2 Å². The van der Waals surface area contributed by atoms with Gasteiger partial charge in [-0.2, -0.15) is 13.9 Å². The van der Waals surface area contributed by atoms with Crippen molar-refractivity contribution >= 4 is 9.84 Å². The summed E-state index contributed by atoms with van der Waals surface area (Å²) < 4.78 is 82.0. The Bertz CT molecular complexity index is 825.